The SMILES string of the molecule is CN(C(=O)c1cc2cc(F)ccc2[nH]1)[C@@H]1CCC(O)c2[nH]c(=O)c3cc(F)c(F)cc3c21. The van der Waals surface area contributed by atoms with Crippen molar-refractivity contribution in [1.29, 1.82) is 0 Å². The second-order valence-corrected chi connectivity index (χ2v) is 8.03. The van der Waals surface area contributed by atoms with Gasteiger partial charge in [-0.05, 0) is 54.6 Å². The Bertz CT molecular complexity index is 1460. The molecule has 0 aliphatic heterocycles. The van der Waals surface area contributed by atoms with Crippen LogP contribution in [0.1, 0.15) is 46.7 Å². The molecular weight excluding hydrogens is 423 g/mol. The summed E-state index contributed by atoms with van der Waals surface area (Å²) in [5.41, 5.74) is 0.726. The van der Waals surface area contributed by atoms with Gasteiger partial charge in [0.15, 0.2) is 11.6 Å². The lowest BCUT2D eigenvalue weighted by molar-refractivity contribution is 0.0657. The smallest absolute Gasteiger partial charge is 0.270 e. The third kappa shape index (κ3) is 3.08. The van der Waals surface area contributed by atoms with Gasteiger partial charge in [0.2, 0.25) is 0 Å². The van der Waals surface area contributed by atoms with E-state index in [4.69, 9.17) is 0 Å². The van der Waals surface area contributed by atoms with Crippen molar-refractivity contribution in [1.82, 2.24) is 14.9 Å². The molecule has 2 aromatic carbocycles. The lowest BCUT2D eigenvalue weighted by Crippen LogP contribution is -2.35. The topological polar surface area (TPSA) is 89.2 Å². The van der Waals surface area contributed by atoms with E-state index in [1.807, 2.05) is 0 Å². The maximum Gasteiger partial charge on any atom is 0.270 e. The lowest BCUT2D eigenvalue weighted by Gasteiger charge is -2.35. The van der Waals surface area contributed by atoms with Crippen LogP contribution in [0.2, 0.25) is 0 Å². The van der Waals surface area contributed by atoms with Crippen LogP contribution >= 0.6 is 0 Å². The largest absolute Gasteiger partial charge is 0.387 e. The van der Waals surface area contributed by atoms with E-state index in [9.17, 15) is 27.9 Å². The van der Waals surface area contributed by atoms with Gasteiger partial charge in [-0.25, -0.2) is 13.2 Å². The van der Waals surface area contributed by atoms with Gasteiger partial charge in [-0.3, -0.25) is 9.59 Å². The van der Waals surface area contributed by atoms with E-state index >= 15 is 0 Å². The Morgan fingerprint density at radius 1 is 1.03 bits per heavy atom. The van der Waals surface area contributed by atoms with Crippen molar-refractivity contribution in [2.24, 2.45) is 0 Å². The van der Waals surface area contributed by atoms with Gasteiger partial charge in [-0.15, -0.1) is 0 Å². The Kier molecular flexibility index (Phi) is 4.59. The molecule has 1 amide bonds. The summed E-state index contributed by atoms with van der Waals surface area (Å²) in [6.07, 6.45) is -0.407. The first kappa shape index (κ1) is 20.3. The van der Waals surface area contributed by atoms with Gasteiger partial charge in [0.05, 0.1) is 23.2 Å². The van der Waals surface area contributed by atoms with Crippen LogP contribution in [-0.2, 0) is 0 Å². The van der Waals surface area contributed by atoms with Gasteiger partial charge >= 0.3 is 0 Å². The minimum atomic E-state index is -1.16. The highest BCUT2D eigenvalue weighted by Crippen LogP contribution is 2.41. The van der Waals surface area contributed by atoms with Gasteiger partial charge < -0.3 is 20.0 Å². The van der Waals surface area contributed by atoms with Crippen molar-refractivity contribution in [2.45, 2.75) is 25.0 Å². The van der Waals surface area contributed by atoms with Crippen LogP contribution < -0.4 is 5.56 Å². The Morgan fingerprint density at radius 2 is 1.75 bits per heavy atom. The van der Waals surface area contributed by atoms with E-state index in [1.54, 1.807) is 7.05 Å². The molecule has 0 saturated carbocycles. The third-order valence-electron chi connectivity index (χ3n) is 6.11. The van der Waals surface area contributed by atoms with E-state index in [-0.39, 0.29) is 28.6 Å². The van der Waals surface area contributed by atoms with E-state index in [0.717, 1.165) is 12.1 Å². The number of pyridine rings is 1. The van der Waals surface area contributed by atoms with Crippen molar-refractivity contribution >= 4 is 27.6 Å². The molecule has 1 aliphatic rings. The summed E-state index contributed by atoms with van der Waals surface area (Å²) >= 11 is 0. The highest BCUT2D eigenvalue weighted by molar-refractivity contribution is 5.98. The number of aromatic amines is 2. The lowest BCUT2D eigenvalue weighted by atomic mass is 9.85. The molecule has 0 spiro atoms. The first-order valence-corrected chi connectivity index (χ1v) is 10.0. The van der Waals surface area contributed by atoms with Crippen molar-refractivity contribution < 1.29 is 23.1 Å². The maximum absolute atomic E-state index is 14.1. The normalized spacial score (nSPS) is 18.2. The molecule has 1 unspecified atom stereocenters. The van der Waals surface area contributed by atoms with Crippen molar-refractivity contribution in [3.63, 3.8) is 0 Å². The first-order valence-electron chi connectivity index (χ1n) is 10.0. The zero-order valence-electron chi connectivity index (χ0n) is 16.9. The van der Waals surface area contributed by atoms with Crippen LogP contribution in [0, 0.1) is 17.5 Å². The summed E-state index contributed by atoms with van der Waals surface area (Å²) in [5, 5.41) is 11.1. The second kappa shape index (κ2) is 7.23. The maximum atomic E-state index is 14.1. The molecule has 5 rings (SSSR count). The predicted octanol–water partition coefficient (Wildman–Crippen LogP) is 4.07. The average Bonchev–Trinajstić information content (AvgIpc) is 3.18. The monoisotopic (exact) mass is 441 g/mol. The molecule has 0 saturated heterocycles. The van der Waals surface area contributed by atoms with Crippen molar-refractivity contribution in [3.05, 3.63) is 81.2 Å². The third-order valence-corrected chi connectivity index (χ3v) is 6.11. The molecule has 164 valence electrons. The van der Waals surface area contributed by atoms with Gasteiger partial charge in [0, 0.05) is 23.5 Å². The summed E-state index contributed by atoms with van der Waals surface area (Å²) in [7, 11) is 1.55. The van der Waals surface area contributed by atoms with E-state index < -0.39 is 41.1 Å². The average molecular weight is 441 g/mol. The van der Waals surface area contributed by atoms with Crippen LogP contribution in [0.15, 0.2) is 41.2 Å². The van der Waals surface area contributed by atoms with E-state index in [1.165, 1.54) is 29.2 Å². The minimum absolute atomic E-state index is 0.0660. The highest BCUT2D eigenvalue weighted by Gasteiger charge is 2.34. The van der Waals surface area contributed by atoms with Crippen LogP contribution in [0.25, 0.3) is 21.7 Å². The number of fused-ring (bicyclic) bond motifs is 4. The number of nitrogens with one attached hydrogen (secondary N) is 2. The first-order chi connectivity index (χ1) is 15.2. The summed E-state index contributed by atoms with van der Waals surface area (Å²) < 4.78 is 41.4. The van der Waals surface area contributed by atoms with E-state index in [0.29, 0.717) is 22.9 Å². The molecule has 0 fully saturated rings. The Morgan fingerprint density at radius 3 is 2.50 bits per heavy atom. The predicted molar refractivity (Wildman–Crippen MR) is 112 cm³/mol. The number of aromatic nitrogens is 2. The molecule has 9 heteroatoms. The number of nitrogens with zero attached hydrogens (tertiary/aromatic N) is 1. The van der Waals surface area contributed by atoms with Crippen LogP contribution in [0.3, 0.4) is 0 Å². The molecule has 3 N–H and O–H groups in total. The van der Waals surface area contributed by atoms with Crippen LogP contribution in [-0.4, -0.2) is 32.9 Å². The number of aliphatic hydroxyl groups excluding tert-OH is 1. The standard InChI is InChI=1S/C23H18F3N3O3/c1-29(23(32)17-7-10-6-11(24)2-3-16(10)27-17)18-4-5-19(30)21-20(18)12-8-14(25)15(26)9-13(12)22(31)28-21/h2-3,6-9,18-19,27,30H,4-5H2,1H3,(H,28,31)/t18-,19?/m1/s1. The molecule has 0 bridgehead atoms. The molecule has 2 heterocycles. The number of halogens is 3. The summed E-state index contributed by atoms with van der Waals surface area (Å²) in [5.74, 6) is -3.12. The van der Waals surface area contributed by atoms with Crippen LogP contribution in [0.5, 0.6) is 0 Å². The number of amides is 1. The summed E-state index contributed by atoms with van der Waals surface area (Å²) in [6, 6.07) is 6.78. The number of hydrogen-bond acceptors (Lipinski definition) is 3. The Balaban J connectivity index is 1.64. The quantitative estimate of drug-likeness (QED) is 0.438. The number of carbonyl (C=O) groups is 1. The second-order valence-electron chi connectivity index (χ2n) is 8.03. The summed E-state index contributed by atoms with van der Waals surface area (Å²) in [4.78, 5) is 32.7. The fourth-order valence-corrected chi connectivity index (χ4v) is 4.52. The number of carbonyl (C=O) groups excluding carboxylic acids is 1. The molecule has 4 aromatic rings. The molecule has 2 aromatic heterocycles. The number of H-pyrrole nitrogens is 2. The van der Waals surface area contributed by atoms with Gasteiger partial charge in [-0.2, -0.15) is 0 Å². The Hall–Kier alpha value is -3.59. The van der Waals surface area contributed by atoms with Gasteiger partial charge in [0.25, 0.3) is 11.5 Å². The zero-order chi connectivity index (χ0) is 22.7. The Labute approximate surface area is 179 Å². The van der Waals surface area contributed by atoms with E-state index in [2.05, 4.69) is 9.97 Å². The van der Waals surface area contributed by atoms with Gasteiger partial charge in [-0.1, -0.05) is 0 Å². The number of aliphatic hydroxyl groups is 1. The number of hydrogen-bond donors (Lipinski definition) is 3. The zero-order valence-corrected chi connectivity index (χ0v) is 16.9. The van der Waals surface area contributed by atoms with Crippen molar-refractivity contribution in [3.8, 4) is 0 Å². The van der Waals surface area contributed by atoms with Crippen molar-refractivity contribution in [2.75, 3.05) is 7.05 Å². The number of benzene rings is 2. The molecule has 0 radical (unpaired) electrons. The van der Waals surface area contributed by atoms with Gasteiger partial charge in [0.1, 0.15) is 11.5 Å². The molecule has 2 atom stereocenters. The fraction of sp³-hybridized carbons (Fsp3) is 0.217. The minimum Gasteiger partial charge on any atom is -0.387 e. The van der Waals surface area contributed by atoms with Crippen LogP contribution in [0.4, 0.5) is 13.2 Å². The molecular formula is C23H18F3N3O3. The number of rotatable bonds is 2. The fourth-order valence-electron chi connectivity index (χ4n) is 4.52. The molecule has 6 nitrogen and oxygen atoms in total. The molecule has 1 aliphatic carbocycles. The molecule has 32 heavy (non-hydrogen) atoms. The highest BCUT2D eigenvalue weighted by atomic mass is 19.2. The summed E-state index contributed by atoms with van der Waals surface area (Å²) in [6.45, 7) is 0.